The highest BCUT2D eigenvalue weighted by molar-refractivity contribution is 5.89. The van der Waals surface area contributed by atoms with Crippen molar-refractivity contribution in [3.05, 3.63) is 35.0 Å². The topological polar surface area (TPSA) is 56.3 Å². The van der Waals surface area contributed by atoms with Crippen molar-refractivity contribution in [2.75, 3.05) is 13.6 Å². The minimum atomic E-state index is -0.663. The first-order chi connectivity index (χ1) is 10.1. The Morgan fingerprint density at radius 3 is 3.00 bits per heavy atom. The molecular formula is C17H20N2O2. The second-order valence-corrected chi connectivity index (χ2v) is 6.59. The summed E-state index contributed by atoms with van der Waals surface area (Å²) in [5.41, 5.74) is 5.20. The molecule has 1 saturated heterocycles. The molecule has 2 aromatic rings. The third-order valence-corrected chi connectivity index (χ3v) is 5.41. The van der Waals surface area contributed by atoms with Crippen LogP contribution in [0.2, 0.25) is 0 Å². The fourth-order valence-electron chi connectivity index (χ4n) is 4.39. The van der Waals surface area contributed by atoms with Crippen molar-refractivity contribution in [2.24, 2.45) is 5.92 Å². The van der Waals surface area contributed by atoms with Crippen molar-refractivity contribution in [3.63, 3.8) is 0 Å². The number of hydrogen-bond acceptors (Lipinski definition) is 2. The lowest BCUT2D eigenvalue weighted by Gasteiger charge is -2.44. The van der Waals surface area contributed by atoms with E-state index in [2.05, 4.69) is 42.1 Å². The predicted molar refractivity (Wildman–Crippen MR) is 81.6 cm³/mol. The highest BCUT2D eigenvalue weighted by atomic mass is 16.4. The van der Waals surface area contributed by atoms with E-state index < -0.39 is 5.97 Å². The molecule has 0 radical (unpaired) electrons. The molecule has 0 spiro atoms. The van der Waals surface area contributed by atoms with Crippen LogP contribution in [-0.4, -0.2) is 40.6 Å². The SMILES string of the molecule is Cc1[nH]c2cccc3c2c1C[C@@H]1C3C[C@@H](C(=O)O)CN1C. The highest BCUT2D eigenvalue weighted by Gasteiger charge is 2.41. The molecule has 0 amide bonds. The number of carbonyl (C=O) groups is 1. The van der Waals surface area contributed by atoms with Crippen molar-refractivity contribution in [3.8, 4) is 0 Å². The smallest absolute Gasteiger partial charge is 0.307 e. The van der Waals surface area contributed by atoms with Crippen LogP contribution in [0.5, 0.6) is 0 Å². The molecule has 0 saturated carbocycles. The minimum Gasteiger partial charge on any atom is -0.481 e. The number of aliphatic carboxylic acids is 1. The molecule has 1 fully saturated rings. The number of carboxylic acid groups (broad SMARTS) is 1. The quantitative estimate of drug-likeness (QED) is 0.846. The molecule has 2 aliphatic rings. The first-order valence-electron chi connectivity index (χ1n) is 7.59. The van der Waals surface area contributed by atoms with Crippen LogP contribution in [0.3, 0.4) is 0 Å². The van der Waals surface area contributed by atoms with Gasteiger partial charge in [0.05, 0.1) is 5.92 Å². The summed E-state index contributed by atoms with van der Waals surface area (Å²) >= 11 is 0. The Balaban J connectivity index is 1.88. The van der Waals surface area contributed by atoms with Gasteiger partial charge in [0.15, 0.2) is 0 Å². The minimum absolute atomic E-state index is 0.256. The molecule has 110 valence electrons. The number of aromatic amines is 1. The van der Waals surface area contributed by atoms with Crippen LogP contribution in [0.15, 0.2) is 18.2 Å². The molecule has 4 heteroatoms. The number of fused-ring (bicyclic) bond motifs is 2. The summed E-state index contributed by atoms with van der Waals surface area (Å²) in [5, 5.41) is 10.8. The summed E-state index contributed by atoms with van der Waals surface area (Å²) in [7, 11) is 2.07. The normalized spacial score (nSPS) is 28.6. The van der Waals surface area contributed by atoms with E-state index in [-0.39, 0.29) is 5.92 Å². The van der Waals surface area contributed by atoms with E-state index >= 15 is 0 Å². The van der Waals surface area contributed by atoms with Crippen molar-refractivity contribution < 1.29 is 9.90 Å². The molecule has 2 heterocycles. The van der Waals surface area contributed by atoms with E-state index in [1.54, 1.807) is 0 Å². The van der Waals surface area contributed by atoms with Gasteiger partial charge in [0.2, 0.25) is 0 Å². The molecule has 1 unspecified atom stereocenters. The van der Waals surface area contributed by atoms with E-state index in [4.69, 9.17) is 0 Å². The highest BCUT2D eigenvalue weighted by Crippen LogP contribution is 2.45. The van der Waals surface area contributed by atoms with Gasteiger partial charge in [-0.25, -0.2) is 0 Å². The molecule has 1 aliphatic heterocycles. The van der Waals surface area contributed by atoms with E-state index in [1.807, 2.05) is 0 Å². The number of aromatic nitrogens is 1. The van der Waals surface area contributed by atoms with Crippen LogP contribution >= 0.6 is 0 Å². The number of likely N-dealkylation sites (tertiary alicyclic amines) is 1. The van der Waals surface area contributed by atoms with Crippen LogP contribution in [0, 0.1) is 12.8 Å². The number of benzene rings is 1. The Hall–Kier alpha value is -1.81. The number of hydrogen-bond donors (Lipinski definition) is 2. The Morgan fingerprint density at radius 2 is 2.24 bits per heavy atom. The summed E-state index contributed by atoms with van der Waals surface area (Å²) in [5.74, 6) is -0.590. The standard InChI is InChI=1S/C17H20N2O2/c1-9-12-7-15-13(6-10(17(20)21)8-19(15)2)11-4-3-5-14(18-9)16(11)12/h3-5,10,13,15,18H,6-8H2,1-2H3,(H,20,21)/t10-,13?,15-/m1/s1. The number of carboxylic acids is 1. The van der Waals surface area contributed by atoms with Crippen LogP contribution in [0.25, 0.3) is 10.9 Å². The Kier molecular flexibility index (Phi) is 2.67. The third kappa shape index (κ3) is 1.75. The maximum absolute atomic E-state index is 11.4. The molecule has 2 N–H and O–H groups in total. The number of nitrogens with zero attached hydrogens (tertiary/aromatic N) is 1. The lowest BCUT2D eigenvalue weighted by atomic mass is 9.72. The number of aryl methyl sites for hydroxylation is 1. The van der Waals surface area contributed by atoms with E-state index in [9.17, 15) is 9.90 Å². The molecule has 0 bridgehead atoms. The van der Waals surface area contributed by atoms with Gasteiger partial charge in [-0.3, -0.25) is 4.79 Å². The molecule has 1 aliphatic carbocycles. The lowest BCUT2D eigenvalue weighted by Crippen LogP contribution is -2.49. The number of likely N-dealkylation sites (N-methyl/N-ethyl adjacent to an activating group) is 1. The zero-order chi connectivity index (χ0) is 14.7. The van der Waals surface area contributed by atoms with Crippen molar-refractivity contribution in [1.29, 1.82) is 0 Å². The number of rotatable bonds is 1. The number of H-pyrrole nitrogens is 1. The third-order valence-electron chi connectivity index (χ3n) is 5.41. The summed E-state index contributed by atoms with van der Waals surface area (Å²) in [6.45, 7) is 2.80. The van der Waals surface area contributed by atoms with Crippen LogP contribution in [0.4, 0.5) is 0 Å². The Labute approximate surface area is 123 Å². The van der Waals surface area contributed by atoms with E-state index in [0.29, 0.717) is 18.5 Å². The van der Waals surface area contributed by atoms with Gasteiger partial charge in [-0.1, -0.05) is 12.1 Å². The Morgan fingerprint density at radius 1 is 1.43 bits per heavy atom. The first kappa shape index (κ1) is 12.9. The molecule has 3 atom stereocenters. The summed E-state index contributed by atoms with van der Waals surface area (Å²) in [4.78, 5) is 17.2. The Bertz CT molecular complexity index is 734. The van der Waals surface area contributed by atoms with Gasteiger partial charge in [-0.2, -0.15) is 0 Å². The van der Waals surface area contributed by atoms with Crippen molar-refractivity contribution in [2.45, 2.75) is 31.7 Å². The fraction of sp³-hybridized carbons (Fsp3) is 0.471. The first-order valence-corrected chi connectivity index (χ1v) is 7.59. The zero-order valence-electron chi connectivity index (χ0n) is 12.4. The average Bonchev–Trinajstić information content (AvgIpc) is 2.77. The molecule has 1 aromatic heterocycles. The molecule has 1 aromatic carbocycles. The van der Waals surface area contributed by atoms with Crippen LogP contribution in [0.1, 0.15) is 29.2 Å². The maximum atomic E-state index is 11.4. The van der Waals surface area contributed by atoms with E-state index in [1.165, 1.54) is 27.7 Å². The van der Waals surface area contributed by atoms with Crippen molar-refractivity contribution in [1.82, 2.24) is 9.88 Å². The van der Waals surface area contributed by atoms with Crippen LogP contribution in [-0.2, 0) is 11.2 Å². The lowest BCUT2D eigenvalue weighted by molar-refractivity contribution is -0.144. The van der Waals surface area contributed by atoms with Crippen LogP contribution < -0.4 is 0 Å². The second kappa shape index (κ2) is 4.34. The molecule has 4 rings (SSSR count). The van der Waals surface area contributed by atoms with E-state index in [0.717, 1.165) is 12.8 Å². The largest absolute Gasteiger partial charge is 0.481 e. The monoisotopic (exact) mass is 284 g/mol. The van der Waals surface area contributed by atoms with Gasteiger partial charge in [-0.05, 0) is 44.0 Å². The van der Waals surface area contributed by atoms with Crippen molar-refractivity contribution >= 4 is 16.9 Å². The predicted octanol–water partition coefficient (Wildman–Crippen LogP) is 2.52. The number of piperidine rings is 1. The summed E-state index contributed by atoms with van der Waals surface area (Å²) < 4.78 is 0. The fourth-order valence-corrected chi connectivity index (χ4v) is 4.39. The van der Waals surface area contributed by atoms with Gasteiger partial charge in [-0.15, -0.1) is 0 Å². The second-order valence-electron chi connectivity index (χ2n) is 6.59. The molecule has 4 nitrogen and oxygen atoms in total. The molecular weight excluding hydrogens is 264 g/mol. The summed E-state index contributed by atoms with van der Waals surface area (Å²) in [6.07, 6.45) is 1.78. The number of nitrogens with one attached hydrogen (secondary N) is 1. The summed E-state index contributed by atoms with van der Waals surface area (Å²) in [6, 6.07) is 6.82. The zero-order valence-corrected chi connectivity index (χ0v) is 12.4. The average molecular weight is 284 g/mol. The van der Waals surface area contributed by atoms with Gasteiger partial charge < -0.3 is 15.0 Å². The van der Waals surface area contributed by atoms with Gasteiger partial charge >= 0.3 is 5.97 Å². The van der Waals surface area contributed by atoms with Gasteiger partial charge in [0.25, 0.3) is 0 Å². The maximum Gasteiger partial charge on any atom is 0.307 e. The molecule has 21 heavy (non-hydrogen) atoms. The van der Waals surface area contributed by atoms with Gasteiger partial charge in [0, 0.05) is 35.1 Å². The van der Waals surface area contributed by atoms with Gasteiger partial charge in [0.1, 0.15) is 0 Å².